The van der Waals surface area contributed by atoms with Gasteiger partial charge in [-0.05, 0) is 24.6 Å². The Morgan fingerprint density at radius 3 is 2.67 bits per heavy atom. The van der Waals surface area contributed by atoms with Gasteiger partial charge in [-0.3, -0.25) is 14.4 Å². The van der Waals surface area contributed by atoms with Crippen LogP contribution in [0.15, 0.2) is 45.7 Å². The van der Waals surface area contributed by atoms with Crippen molar-refractivity contribution >= 4 is 44.3 Å². The van der Waals surface area contributed by atoms with Crippen LogP contribution in [0.5, 0.6) is 0 Å². The summed E-state index contributed by atoms with van der Waals surface area (Å²) in [4.78, 5) is 43.4. The van der Waals surface area contributed by atoms with E-state index in [2.05, 4.69) is 26.2 Å². The van der Waals surface area contributed by atoms with Crippen molar-refractivity contribution in [1.29, 1.82) is 0 Å². The van der Waals surface area contributed by atoms with E-state index in [0.717, 1.165) is 18.2 Å². The highest BCUT2D eigenvalue weighted by molar-refractivity contribution is 9.10. The number of rotatable bonds is 7. The largest absolute Gasteiger partial charge is 0.418 e. The molecule has 1 aromatic heterocycles. The summed E-state index contributed by atoms with van der Waals surface area (Å²) < 4.78 is 61.7. The minimum absolute atomic E-state index is 0.0198. The van der Waals surface area contributed by atoms with Crippen molar-refractivity contribution in [3.63, 3.8) is 0 Å². The quantitative estimate of drug-likeness (QED) is 0.391. The normalized spacial score (nSPS) is 15.6. The molecule has 39 heavy (non-hydrogen) atoms. The summed E-state index contributed by atoms with van der Waals surface area (Å²) in [7, 11) is 2.93. The van der Waals surface area contributed by atoms with Crippen molar-refractivity contribution in [2.75, 3.05) is 45.3 Å². The zero-order valence-electron chi connectivity index (χ0n) is 21.0. The van der Waals surface area contributed by atoms with Gasteiger partial charge in [-0.25, -0.2) is 4.39 Å². The van der Waals surface area contributed by atoms with Gasteiger partial charge in [-0.1, -0.05) is 28.1 Å². The molecule has 0 bridgehead atoms. The van der Waals surface area contributed by atoms with E-state index in [-0.39, 0.29) is 64.9 Å². The molecule has 3 aromatic rings. The maximum absolute atomic E-state index is 14.2. The monoisotopic (exact) mass is 612 g/mol. The second-order valence-corrected chi connectivity index (χ2v) is 10.1. The number of ether oxygens (including phenoxy) is 1. The number of hydrogen-bond donors (Lipinski definition) is 2. The summed E-state index contributed by atoms with van der Waals surface area (Å²) in [6, 6.07) is 6.75. The third kappa shape index (κ3) is 6.09. The Bertz CT molecular complexity index is 1480. The number of hydrogen-bond acceptors (Lipinski definition) is 5. The molecule has 0 aliphatic carbocycles. The number of likely N-dealkylation sites (N-methyl/N-ethyl adjacent to an activating group) is 1. The van der Waals surface area contributed by atoms with Crippen LogP contribution in [0.4, 0.5) is 23.2 Å². The van der Waals surface area contributed by atoms with Crippen LogP contribution >= 0.6 is 15.9 Å². The number of aromatic nitrogens is 1. The van der Waals surface area contributed by atoms with Gasteiger partial charge in [0.25, 0.3) is 11.8 Å². The van der Waals surface area contributed by atoms with Crippen molar-refractivity contribution in [2.45, 2.75) is 18.6 Å². The second kappa shape index (κ2) is 11.3. The first-order chi connectivity index (χ1) is 18.4. The Balaban J connectivity index is 1.64. The Kier molecular flexibility index (Phi) is 8.31. The average molecular weight is 613 g/mol. The van der Waals surface area contributed by atoms with E-state index in [9.17, 15) is 31.9 Å². The van der Waals surface area contributed by atoms with E-state index in [1.807, 2.05) is 0 Å². The summed E-state index contributed by atoms with van der Waals surface area (Å²) in [5.41, 5.74) is -2.24. The number of fused-ring (bicyclic) bond motifs is 1. The summed E-state index contributed by atoms with van der Waals surface area (Å²) in [6.07, 6.45) is -4.48. The minimum atomic E-state index is -4.76. The molecule has 0 radical (unpaired) electrons. The number of pyridine rings is 1. The molecule has 13 heteroatoms. The first-order valence-electron chi connectivity index (χ1n) is 11.9. The fraction of sp³-hybridized carbons (Fsp3) is 0.346. The number of amides is 2. The van der Waals surface area contributed by atoms with E-state index in [1.165, 1.54) is 42.2 Å². The fourth-order valence-corrected chi connectivity index (χ4v) is 5.09. The van der Waals surface area contributed by atoms with Gasteiger partial charge >= 0.3 is 6.18 Å². The number of nitrogens with zero attached hydrogens (tertiary/aromatic N) is 2. The zero-order valence-corrected chi connectivity index (χ0v) is 22.6. The Morgan fingerprint density at radius 1 is 1.23 bits per heavy atom. The van der Waals surface area contributed by atoms with Gasteiger partial charge in [0.15, 0.2) is 0 Å². The third-order valence-electron chi connectivity index (χ3n) is 6.50. The van der Waals surface area contributed by atoms with Crippen LogP contribution < -0.4 is 15.8 Å². The lowest BCUT2D eigenvalue weighted by Crippen LogP contribution is -2.38. The van der Waals surface area contributed by atoms with Gasteiger partial charge in [0.1, 0.15) is 5.82 Å². The van der Waals surface area contributed by atoms with Gasteiger partial charge < -0.3 is 24.8 Å². The molecule has 0 unspecified atom stereocenters. The second-order valence-electron chi connectivity index (χ2n) is 9.18. The maximum Gasteiger partial charge on any atom is 0.418 e. The summed E-state index contributed by atoms with van der Waals surface area (Å²) in [5.74, 6) is -1.97. The lowest BCUT2D eigenvalue weighted by molar-refractivity contribution is -0.137. The van der Waals surface area contributed by atoms with E-state index in [0.29, 0.717) is 0 Å². The van der Waals surface area contributed by atoms with E-state index in [4.69, 9.17) is 4.74 Å². The SMILES string of the molecule is COCCN(C)C(=O)c1cc(Br)cc(C(F)(F)F)c1N1CC[C@@H](NC(=O)c2cc(=O)[nH]c3c(F)cccc23)C1. The molecule has 8 nitrogen and oxygen atoms in total. The van der Waals surface area contributed by atoms with E-state index in [1.54, 1.807) is 0 Å². The number of nitrogens with one attached hydrogen (secondary N) is 2. The summed E-state index contributed by atoms with van der Waals surface area (Å²) >= 11 is 3.09. The number of halogens is 5. The predicted molar refractivity (Wildman–Crippen MR) is 141 cm³/mol. The van der Waals surface area contributed by atoms with E-state index >= 15 is 0 Å². The van der Waals surface area contributed by atoms with Crippen molar-refractivity contribution in [3.8, 4) is 0 Å². The van der Waals surface area contributed by atoms with Crippen LogP contribution in [0.1, 0.15) is 32.7 Å². The topological polar surface area (TPSA) is 94.7 Å². The Labute approximate surface area is 229 Å². The highest BCUT2D eigenvalue weighted by atomic mass is 79.9. The molecule has 0 saturated carbocycles. The smallest absolute Gasteiger partial charge is 0.383 e. The number of anilines is 1. The van der Waals surface area contributed by atoms with Crippen LogP contribution in [-0.4, -0.2) is 68.1 Å². The number of benzene rings is 2. The highest BCUT2D eigenvalue weighted by Crippen LogP contribution is 2.42. The number of alkyl halides is 3. The maximum atomic E-state index is 14.2. The molecule has 1 saturated heterocycles. The molecule has 1 aliphatic rings. The molecule has 2 amide bonds. The molecule has 2 heterocycles. The highest BCUT2D eigenvalue weighted by Gasteiger charge is 2.40. The molecule has 4 rings (SSSR count). The van der Waals surface area contributed by atoms with Crippen LogP contribution in [0.25, 0.3) is 10.9 Å². The van der Waals surface area contributed by atoms with Gasteiger partial charge in [-0.15, -0.1) is 0 Å². The number of aromatic amines is 1. The molecular formula is C26H25BrF4N4O4. The molecule has 1 aliphatic heterocycles. The lowest BCUT2D eigenvalue weighted by atomic mass is 10.0. The van der Waals surface area contributed by atoms with Crippen LogP contribution in [0.2, 0.25) is 0 Å². The van der Waals surface area contributed by atoms with Crippen molar-refractivity contribution in [3.05, 3.63) is 73.7 Å². The van der Waals surface area contributed by atoms with Gasteiger partial charge in [0.05, 0.1) is 34.5 Å². The van der Waals surface area contributed by atoms with Crippen molar-refractivity contribution < 1.29 is 31.9 Å². The predicted octanol–water partition coefficient (Wildman–Crippen LogP) is 4.18. The number of carbonyl (C=O) groups excluding carboxylic acids is 2. The lowest BCUT2D eigenvalue weighted by Gasteiger charge is -2.28. The number of methoxy groups -OCH3 is 1. The average Bonchev–Trinajstić information content (AvgIpc) is 3.33. The first-order valence-corrected chi connectivity index (χ1v) is 12.7. The standard InChI is InChI=1S/C26H25BrF4N4O4/c1-34(8-9-39-2)25(38)18-10-14(27)11-19(26(29,30)31)23(18)35-7-6-15(13-35)32-24(37)17-12-21(36)33-22-16(17)4-3-5-20(22)28/h3-5,10-12,15H,6-9,13H2,1-2H3,(H,32,37)(H,33,36)/t15-/m1/s1. The Hall–Kier alpha value is -3.45. The minimum Gasteiger partial charge on any atom is -0.383 e. The molecular weight excluding hydrogens is 588 g/mol. The summed E-state index contributed by atoms with van der Waals surface area (Å²) in [6.45, 7) is 0.485. The molecule has 2 N–H and O–H groups in total. The van der Waals surface area contributed by atoms with Gasteiger partial charge in [-0.2, -0.15) is 13.2 Å². The van der Waals surface area contributed by atoms with Gasteiger partial charge in [0, 0.05) is 55.8 Å². The number of carbonyl (C=O) groups is 2. The van der Waals surface area contributed by atoms with Crippen LogP contribution in [0, 0.1) is 5.82 Å². The number of para-hydroxylation sites is 1. The third-order valence-corrected chi connectivity index (χ3v) is 6.96. The summed E-state index contributed by atoms with van der Waals surface area (Å²) in [5, 5.41) is 2.94. The van der Waals surface area contributed by atoms with Crippen molar-refractivity contribution in [2.24, 2.45) is 0 Å². The molecule has 208 valence electrons. The molecule has 1 fully saturated rings. The van der Waals surface area contributed by atoms with Crippen LogP contribution in [0.3, 0.4) is 0 Å². The number of H-pyrrole nitrogens is 1. The molecule has 1 atom stereocenters. The molecule has 2 aromatic carbocycles. The van der Waals surface area contributed by atoms with Gasteiger partial charge in [0.2, 0.25) is 5.56 Å². The van der Waals surface area contributed by atoms with E-state index < -0.39 is 41.0 Å². The fourth-order valence-electron chi connectivity index (χ4n) is 4.63. The first kappa shape index (κ1) is 28.6. The zero-order chi connectivity index (χ0) is 28.5. The van der Waals surface area contributed by atoms with Crippen molar-refractivity contribution in [1.82, 2.24) is 15.2 Å². The molecule has 0 spiro atoms. The van der Waals surface area contributed by atoms with Crippen LogP contribution in [-0.2, 0) is 10.9 Å². The Morgan fingerprint density at radius 2 is 1.97 bits per heavy atom.